The molecule has 3 atom stereocenters. The Bertz CT molecular complexity index is 469. The molecule has 110 valence electrons. The Balaban J connectivity index is 1.57. The number of carbonyl (C=O) groups is 1. The van der Waals surface area contributed by atoms with Gasteiger partial charge < -0.3 is 10.6 Å². The Kier molecular flexibility index (Phi) is 3.87. The van der Waals surface area contributed by atoms with Gasteiger partial charge in [0, 0.05) is 16.8 Å². The molecule has 2 aliphatic rings. The molecule has 20 heavy (non-hydrogen) atoms. The van der Waals surface area contributed by atoms with Gasteiger partial charge in [0.25, 0.3) is 0 Å². The lowest BCUT2D eigenvalue weighted by Gasteiger charge is -2.25. The van der Waals surface area contributed by atoms with Gasteiger partial charge in [0.05, 0.1) is 6.04 Å². The quantitative estimate of drug-likeness (QED) is 0.895. The first-order chi connectivity index (χ1) is 9.58. The fraction of sp³-hybridized carbons (Fsp3) is 0.688. The van der Waals surface area contributed by atoms with E-state index in [1.54, 1.807) is 11.3 Å². The minimum Gasteiger partial charge on any atom is -0.354 e. The Morgan fingerprint density at radius 2 is 2.35 bits per heavy atom. The van der Waals surface area contributed by atoms with Crippen molar-refractivity contribution in [2.24, 2.45) is 11.8 Å². The lowest BCUT2D eigenvalue weighted by molar-refractivity contribution is -0.124. The molecule has 0 aromatic carbocycles. The average molecular weight is 292 g/mol. The molecule has 0 radical (unpaired) electrons. The summed E-state index contributed by atoms with van der Waals surface area (Å²) in [5, 5.41) is 8.69. The smallest absolute Gasteiger partial charge is 0.237 e. The molecule has 1 aliphatic heterocycles. The molecule has 3 rings (SSSR count). The summed E-state index contributed by atoms with van der Waals surface area (Å²) >= 11 is 1.76. The highest BCUT2D eigenvalue weighted by Crippen LogP contribution is 2.37. The summed E-state index contributed by atoms with van der Waals surface area (Å²) < 4.78 is 0. The molecule has 3 nitrogen and oxygen atoms in total. The summed E-state index contributed by atoms with van der Waals surface area (Å²) in [5.41, 5.74) is 0.0114. The third-order valence-electron chi connectivity index (χ3n) is 4.92. The number of hydrogen-bond donors (Lipinski definition) is 2. The monoisotopic (exact) mass is 292 g/mol. The summed E-state index contributed by atoms with van der Waals surface area (Å²) in [7, 11) is 0. The number of fused-ring (bicyclic) bond motifs is 1. The van der Waals surface area contributed by atoms with Crippen LogP contribution in [0.25, 0.3) is 0 Å². The van der Waals surface area contributed by atoms with Gasteiger partial charge in [0.2, 0.25) is 5.91 Å². The van der Waals surface area contributed by atoms with Gasteiger partial charge in [0.1, 0.15) is 0 Å². The molecule has 0 spiro atoms. The van der Waals surface area contributed by atoms with Crippen molar-refractivity contribution in [3.63, 3.8) is 0 Å². The molecule has 1 aromatic heterocycles. The zero-order valence-corrected chi connectivity index (χ0v) is 13.1. The van der Waals surface area contributed by atoms with E-state index >= 15 is 0 Å². The summed E-state index contributed by atoms with van der Waals surface area (Å²) in [4.78, 5) is 13.8. The van der Waals surface area contributed by atoms with Crippen molar-refractivity contribution in [1.29, 1.82) is 0 Å². The Labute approximate surface area is 125 Å². The van der Waals surface area contributed by atoms with E-state index in [1.165, 1.54) is 24.1 Å². The molecule has 4 heteroatoms. The van der Waals surface area contributed by atoms with Gasteiger partial charge in [-0.2, -0.15) is 0 Å². The van der Waals surface area contributed by atoms with Gasteiger partial charge >= 0.3 is 0 Å². The third-order valence-corrected chi connectivity index (χ3v) is 6.16. The summed E-state index contributed by atoms with van der Waals surface area (Å²) in [6, 6.07) is 4.27. The van der Waals surface area contributed by atoms with Crippen LogP contribution >= 0.6 is 11.3 Å². The zero-order chi connectivity index (χ0) is 14.2. The molecular formula is C16H24N2OS. The zero-order valence-electron chi connectivity index (χ0n) is 12.3. The maximum Gasteiger partial charge on any atom is 0.237 e. The molecule has 2 N–H and O–H groups in total. The first kappa shape index (κ1) is 14.1. The minimum atomic E-state index is 0.0114. The molecule has 0 bridgehead atoms. The summed E-state index contributed by atoms with van der Waals surface area (Å²) in [6.07, 6.45) is 3.80. The van der Waals surface area contributed by atoms with Crippen molar-refractivity contribution in [2.45, 2.75) is 44.6 Å². The summed E-state index contributed by atoms with van der Waals surface area (Å²) in [5.74, 6) is 1.50. The largest absolute Gasteiger partial charge is 0.354 e. The first-order valence-corrected chi connectivity index (χ1v) is 8.51. The van der Waals surface area contributed by atoms with E-state index in [4.69, 9.17) is 0 Å². The van der Waals surface area contributed by atoms with E-state index in [2.05, 4.69) is 42.0 Å². The van der Waals surface area contributed by atoms with Crippen LogP contribution in [-0.2, 0) is 10.2 Å². The molecule has 1 amide bonds. The van der Waals surface area contributed by atoms with E-state index in [0.29, 0.717) is 12.5 Å². The highest BCUT2D eigenvalue weighted by atomic mass is 32.1. The average Bonchev–Trinajstić information content (AvgIpc) is 3.11. The molecule has 1 saturated heterocycles. The molecule has 2 fully saturated rings. The molecule has 1 aromatic rings. The van der Waals surface area contributed by atoms with E-state index < -0.39 is 0 Å². The van der Waals surface area contributed by atoms with Gasteiger partial charge in [0.15, 0.2) is 0 Å². The Morgan fingerprint density at radius 1 is 1.50 bits per heavy atom. The van der Waals surface area contributed by atoms with Crippen LogP contribution in [0, 0.1) is 11.8 Å². The van der Waals surface area contributed by atoms with Crippen molar-refractivity contribution in [1.82, 2.24) is 10.6 Å². The first-order valence-electron chi connectivity index (χ1n) is 7.63. The van der Waals surface area contributed by atoms with Crippen LogP contribution in [0.3, 0.4) is 0 Å². The fourth-order valence-corrected chi connectivity index (χ4v) is 4.50. The van der Waals surface area contributed by atoms with Crippen LogP contribution in [0.4, 0.5) is 0 Å². The third kappa shape index (κ3) is 2.63. The van der Waals surface area contributed by atoms with Crippen LogP contribution in [0.1, 0.15) is 38.0 Å². The van der Waals surface area contributed by atoms with Crippen molar-refractivity contribution in [2.75, 3.05) is 13.1 Å². The minimum absolute atomic E-state index is 0.0114. The Hall–Kier alpha value is -0.870. The van der Waals surface area contributed by atoms with E-state index in [-0.39, 0.29) is 17.4 Å². The van der Waals surface area contributed by atoms with Gasteiger partial charge in [-0.25, -0.2) is 0 Å². The normalized spacial score (nSPS) is 29.4. The van der Waals surface area contributed by atoms with Crippen LogP contribution in [0.15, 0.2) is 17.5 Å². The van der Waals surface area contributed by atoms with Crippen LogP contribution < -0.4 is 10.6 Å². The second-order valence-corrected chi connectivity index (χ2v) is 7.77. The predicted molar refractivity (Wildman–Crippen MR) is 83.0 cm³/mol. The molecule has 1 saturated carbocycles. The fourth-order valence-electron chi connectivity index (χ4n) is 3.64. The number of rotatable bonds is 4. The van der Waals surface area contributed by atoms with Gasteiger partial charge in [-0.3, -0.25) is 4.79 Å². The SMILES string of the molecule is CC(C)(CNC(=O)C1NCC2CCCC21)c1cccs1. The van der Waals surface area contributed by atoms with Crippen LogP contribution in [0.2, 0.25) is 0 Å². The topological polar surface area (TPSA) is 41.1 Å². The van der Waals surface area contributed by atoms with E-state index in [0.717, 1.165) is 12.5 Å². The number of thiophene rings is 1. The number of amides is 1. The molecule has 1 aliphatic carbocycles. The van der Waals surface area contributed by atoms with Gasteiger partial charge in [-0.15, -0.1) is 11.3 Å². The van der Waals surface area contributed by atoms with Crippen LogP contribution in [-0.4, -0.2) is 25.0 Å². The number of carbonyl (C=O) groups excluding carboxylic acids is 1. The Morgan fingerprint density at radius 3 is 3.10 bits per heavy atom. The maximum absolute atomic E-state index is 12.4. The van der Waals surface area contributed by atoms with Crippen molar-refractivity contribution in [3.8, 4) is 0 Å². The molecular weight excluding hydrogens is 268 g/mol. The lowest BCUT2D eigenvalue weighted by atomic mass is 9.90. The lowest BCUT2D eigenvalue weighted by Crippen LogP contribution is -2.47. The number of hydrogen-bond acceptors (Lipinski definition) is 3. The highest BCUT2D eigenvalue weighted by Gasteiger charge is 2.42. The maximum atomic E-state index is 12.4. The highest BCUT2D eigenvalue weighted by molar-refractivity contribution is 7.10. The van der Waals surface area contributed by atoms with Crippen LogP contribution in [0.5, 0.6) is 0 Å². The van der Waals surface area contributed by atoms with Crippen molar-refractivity contribution in [3.05, 3.63) is 22.4 Å². The van der Waals surface area contributed by atoms with E-state index in [1.807, 2.05) is 0 Å². The van der Waals surface area contributed by atoms with Gasteiger partial charge in [-0.05, 0) is 42.7 Å². The predicted octanol–water partition coefficient (Wildman–Crippen LogP) is 2.53. The van der Waals surface area contributed by atoms with Crippen molar-refractivity contribution < 1.29 is 4.79 Å². The second kappa shape index (κ2) is 5.49. The molecule has 2 heterocycles. The summed E-state index contributed by atoms with van der Waals surface area (Å²) in [6.45, 7) is 6.12. The number of nitrogens with one attached hydrogen (secondary N) is 2. The molecule has 3 unspecified atom stereocenters. The van der Waals surface area contributed by atoms with Crippen molar-refractivity contribution >= 4 is 17.2 Å². The standard InChI is InChI=1S/C16H24N2OS/c1-16(2,13-7-4-8-20-13)10-18-15(19)14-12-6-3-5-11(12)9-17-14/h4,7-8,11-12,14,17H,3,5-6,9-10H2,1-2H3,(H,18,19). The van der Waals surface area contributed by atoms with E-state index in [9.17, 15) is 4.79 Å². The van der Waals surface area contributed by atoms with Gasteiger partial charge in [-0.1, -0.05) is 26.3 Å². The second-order valence-electron chi connectivity index (χ2n) is 6.82.